The van der Waals surface area contributed by atoms with Gasteiger partial charge in [0.25, 0.3) is 0 Å². The van der Waals surface area contributed by atoms with Crippen molar-refractivity contribution in [3.05, 3.63) is 35.4 Å². The van der Waals surface area contributed by atoms with Crippen LogP contribution in [0.2, 0.25) is 0 Å². The maximum Gasteiger partial charge on any atom is 0.0422 e. The minimum absolute atomic E-state index is 0.373. The van der Waals surface area contributed by atoms with Crippen molar-refractivity contribution in [2.45, 2.75) is 44.2 Å². The summed E-state index contributed by atoms with van der Waals surface area (Å²) < 4.78 is 0. The monoisotopic (exact) mass is 419 g/mol. The smallest absolute Gasteiger partial charge is 0.0422 e. The lowest BCUT2D eigenvalue weighted by Crippen LogP contribution is -2.39. The molecule has 1 fully saturated rings. The average molecular weight is 420 g/mol. The predicted molar refractivity (Wildman–Crippen MR) is 127 cm³/mol. The molecule has 2 rings (SSSR count). The van der Waals surface area contributed by atoms with E-state index in [1.807, 2.05) is 0 Å². The number of nitrogens with one attached hydrogen (secondary N) is 3. The Hall–Kier alpha value is -1.06. The first-order valence-electron chi connectivity index (χ1n) is 11.8. The fraction of sp³-hybridized carbons (Fsp3) is 0.739. The van der Waals surface area contributed by atoms with Gasteiger partial charge in [-0.25, -0.2) is 0 Å². The maximum absolute atomic E-state index is 6.71. The molecule has 9 N–H and O–H groups in total. The zero-order valence-corrected chi connectivity index (χ0v) is 18.8. The van der Waals surface area contributed by atoms with Crippen LogP contribution in [0.3, 0.4) is 0 Å². The highest BCUT2D eigenvalue weighted by Crippen LogP contribution is 2.27. The van der Waals surface area contributed by atoms with Gasteiger partial charge in [-0.05, 0) is 82.5 Å². The summed E-state index contributed by atoms with van der Waals surface area (Å²) in [6.07, 6.45) is 4.92. The van der Waals surface area contributed by atoms with Crippen LogP contribution in [0.1, 0.15) is 43.2 Å². The standard InChI is InChI=1S/C23H45N7/c24-10-1-8-23(26,9-11-25)22-6-4-21(5-7-22)20-30-18-3-14-28-16-15-27-12-2-13-29-17-19-30/h4-7,27-29H,1-3,8-20,24-26H2. The zero-order valence-electron chi connectivity index (χ0n) is 18.8. The zero-order chi connectivity index (χ0) is 21.5. The number of hydrogen-bond donors (Lipinski definition) is 6. The highest BCUT2D eigenvalue weighted by molar-refractivity contribution is 5.28. The largest absolute Gasteiger partial charge is 0.330 e. The molecular weight excluding hydrogens is 374 g/mol. The summed E-state index contributed by atoms with van der Waals surface area (Å²) in [6, 6.07) is 8.86. The Morgan fingerprint density at radius 3 is 2.10 bits per heavy atom. The van der Waals surface area contributed by atoms with Crippen molar-refractivity contribution >= 4 is 0 Å². The fourth-order valence-corrected chi connectivity index (χ4v) is 4.11. The topological polar surface area (TPSA) is 117 Å². The fourth-order valence-electron chi connectivity index (χ4n) is 4.11. The van der Waals surface area contributed by atoms with Crippen molar-refractivity contribution in [2.75, 3.05) is 65.4 Å². The molecule has 0 aliphatic carbocycles. The van der Waals surface area contributed by atoms with Gasteiger partial charge in [0.1, 0.15) is 0 Å². The second-order valence-electron chi connectivity index (χ2n) is 8.52. The number of nitrogens with zero attached hydrogens (tertiary/aromatic N) is 1. The highest BCUT2D eigenvalue weighted by Gasteiger charge is 2.25. The molecule has 0 radical (unpaired) electrons. The van der Waals surface area contributed by atoms with Gasteiger partial charge in [0, 0.05) is 38.3 Å². The summed E-state index contributed by atoms with van der Waals surface area (Å²) in [6.45, 7) is 10.8. The van der Waals surface area contributed by atoms with Crippen LogP contribution in [-0.4, -0.2) is 70.3 Å². The lowest BCUT2D eigenvalue weighted by Gasteiger charge is -2.30. The number of benzene rings is 1. The molecule has 30 heavy (non-hydrogen) atoms. The van der Waals surface area contributed by atoms with Crippen molar-refractivity contribution in [3.63, 3.8) is 0 Å². The normalized spacial score (nSPS) is 20.4. The van der Waals surface area contributed by atoms with Crippen LogP contribution >= 0.6 is 0 Å². The molecule has 1 unspecified atom stereocenters. The van der Waals surface area contributed by atoms with E-state index in [0.29, 0.717) is 13.1 Å². The lowest BCUT2D eigenvalue weighted by atomic mass is 9.83. The Balaban J connectivity index is 1.94. The minimum atomic E-state index is -0.373. The summed E-state index contributed by atoms with van der Waals surface area (Å²) in [5.74, 6) is 0. The predicted octanol–water partition coefficient (Wildman–Crippen LogP) is 0.293. The molecule has 1 saturated heterocycles. The number of rotatable bonds is 8. The van der Waals surface area contributed by atoms with Crippen molar-refractivity contribution in [2.24, 2.45) is 17.2 Å². The molecule has 1 aliphatic heterocycles. The first kappa shape index (κ1) is 25.2. The maximum atomic E-state index is 6.71. The Bertz CT molecular complexity index is 537. The molecule has 1 atom stereocenters. The van der Waals surface area contributed by atoms with Gasteiger partial charge >= 0.3 is 0 Å². The van der Waals surface area contributed by atoms with Gasteiger partial charge in [-0.2, -0.15) is 0 Å². The number of nitrogens with two attached hydrogens (primary N) is 3. The Morgan fingerprint density at radius 1 is 0.767 bits per heavy atom. The van der Waals surface area contributed by atoms with E-state index >= 15 is 0 Å². The van der Waals surface area contributed by atoms with E-state index in [2.05, 4.69) is 45.1 Å². The molecule has 0 saturated carbocycles. The van der Waals surface area contributed by atoms with Crippen molar-refractivity contribution in [1.82, 2.24) is 20.9 Å². The molecule has 1 aromatic carbocycles. The molecule has 1 heterocycles. The molecule has 172 valence electrons. The molecule has 0 amide bonds. The Kier molecular flexibility index (Phi) is 12.5. The van der Waals surface area contributed by atoms with E-state index in [1.165, 1.54) is 24.0 Å². The first-order valence-corrected chi connectivity index (χ1v) is 11.8. The van der Waals surface area contributed by atoms with E-state index in [0.717, 1.165) is 78.2 Å². The first-order chi connectivity index (χ1) is 14.7. The third-order valence-electron chi connectivity index (χ3n) is 5.97. The third kappa shape index (κ3) is 9.39. The van der Waals surface area contributed by atoms with Crippen LogP contribution < -0.4 is 33.2 Å². The van der Waals surface area contributed by atoms with Crippen LogP contribution in [0.4, 0.5) is 0 Å². The highest BCUT2D eigenvalue weighted by atomic mass is 15.1. The van der Waals surface area contributed by atoms with Crippen LogP contribution in [0, 0.1) is 0 Å². The second kappa shape index (κ2) is 14.9. The van der Waals surface area contributed by atoms with Gasteiger partial charge in [-0.1, -0.05) is 24.3 Å². The second-order valence-corrected chi connectivity index (χ2v) is 8.52. The molecule has 0 aromatic heterocycles. The molecule has 0 spiro atoms. The summed E-state index contributed by atoms with van der Waals surface area (Å²) in [4.78, 5) is 2.55. The van der Waals surface area contributed by atoms with Crippen LogP contribution in [0.25, 0.3) is 0 Å². The van der Waals surface area contributed by atoms with E-state index in [9.17, 15) is 0 Å². The third-order valence-corrected chi connectivity index (χ3v) is 5.97. The van der Waals surface area contributed by atoms with E-state index < -0.39 is 0 Å². The Morgan fingerprint density at radius 2 is 1.43 bits per heavy atom. The summed E-state index contributed by atoms with van der Waals surface area (Å²) >= 11 is 0. The molecular formula is C23H45N7. The lowest BCUT2D eigenvalue weighted by molar-refractivity contribution is 0.260. The van der Waals surface area contributed by atoms with E-state index in [4.69, 9.17) is 17.2 Å². The quantitative estimate of drug-likeness (QED) is 0.359. The SMILES string of the molecule is NCCCC(N)(CCN)c1ccc(CN2CCCNCCNCCCNCC2)cc1. The molecule has 0 bridgehead atoms. The van der Waals surface area contributed by atoms with Crippen LogP contribution in [0.15, 0.2) is 24.3 Å². The van der Waals surface area contributed by atoms with Gasteiger partial charge in [0.15, 0.2) is 0 Å². The van der Waals surface area contributed by atoms with Gasteiger partial charge in [0.2, 0.25) is 0 Å². The van der Waals surface area contributed by atoms with Crippen molar-refractivity contribution in [3.8, 4) is 0 Å². The summed E-state index contributed by atoms with van der Waals surface area (Å²) in [7, 11) is 0. The number of hydrogen-bond acceptors (Lipinski definition) is 7. The average Bonchev–Trinajstić information content (AvgIpc) is 2.75. The van der Waals surface area contributed by atoms with Crippen molar-refractivity contribution in [1.29, 1.82) is 0 Å². The van der Waals surface area contributed by atoms with E-state index in [1.54, 1.807) is 0 Å². The van der Waals surface area contributed by atoms with Crippen LogP contribution in [-0.2, 0) is 12.1 Å². The molecule has 1 aliphatic rings. The van der Waals surface area contributed by atoms with Gasteiger partial charge in [-0.15, -0.1) is 0 Å². The molecule has 7 nitrogen and oxygen atoms in total. The molecule has 7 heteroatoms. The van der Waals surface area contributed by atoms with Gasteiger partial charge in [0.05, 0.1) is 0 Å². The van der Waals surface area contributed by atoms with E-state index in [-0.39, 0.29) is 5.54 Å². The summed E-state index contributed by atoms with van der Waals surface area (Å²) in [5, 5.41) is 10.6. The minimum Gasteiger partial charge on any atom is -0.330 e. The van der Waals surface area contributed by atoms with Gasteiger partial charge < -0.3 is 33.2 Å². The Labute approximate surface area is 183 Å². The van der Waals surface area contributed by atoms with Crippen LogP contribution in [0.5, 0.6) is 0 Å². The molecule has 1 aromatic rings. The van der Waals surface area contributed by atoms with Crippen molar-refractivity contribution < 1.29 is 0 Å². The summed E-state index contributed by atoms with van der Waals surface area (Å²) in [5.41, 5.74) is 20.4. The van der Waals surface area contributed by atoms with Gasteiger partial charge in [-0.3, -0.25) is 4.90 Å².